The molecule has 2 N–H and O–H groups in total. The summed E-state index contributed by atoms with van der Waals surface area (Å²) in [6.45, 7) is 6.19. The zero-order valence-corrected chi connectivity index (χ0v) is 11.1. The Morgan fingerprint density at radius 2 is 2.12 bits per heavy atom. The summed E-state index contributed by atoms with van der Waals surface area (Å²) in [5, 5.41) is 19.4. The first-order valence-electron chi connectivity index (χ1n) is 6.45. The number of rotatable bonds is 4. The Bertz CT molecular complexity index is 337. The zero-order chi connectivity index (χ0) is 12.8. The molecular formula is C15H24O2. The van der Waals surface area contributed by atoms with E-state index in [9.17, 15) is 10.2 Å². The largest absolute Gasteiger partial charge is 0.393 e. The van der Waals surface area contributed by atoms with Crippen LogP contribution in [0.5, 0.6) is 0 Å². The van der Waals surface area contributed by atoms with E-state index >= 15 is 0 Å². The molecule has 0 spiro atoms. The number of hydrogen-bond acceptors (Lipinski definition) is 2. The van der Waals surface area contributed by atoms with Crippen molar-refractivity contribution in [2.75, 3.05) is 0 Å². The van der Waals surface area contributed by atoms with Crippen molar-refractivity contribution < 1.29 is 10.2 Å². The first kappa shape index (κ1) is 14.2. The van der Waals surface area contributed by atoms with E-state index in [2.05, 4.69) is 26.0 Å². The summed E-state index contributed by atoms with van der Waals surface area (Å²) < 4.78 is 0. The van der Waals surface area contributed by atoms with Crippen LogP contribution >= 0.6 is 0 Å². The minimum absolute atomic E-state index is 0.409. The Labute approximate surface area is 104 Å². The maximum Gasteiger partial charge on any atom is 0.0777 e. The van der Waals surface area contributed by atoms with E-state index in [1.807, 2.05) is 13.0 Å². The van der Waals surface area contributed by atoms with Crippen LogP contribution in [-0.4, -0.2) is 22.4 Å². The molecule has 0 aromatic carbocycles. The molecule has 1 rings (SSSR count). The van der Waals surface area contributed by atoms with Crippen molar-refractivity contribution in [1.82, 2.24) is 0 Å². The molecule has 0 heterocycles. The van der Waals surface area contributed by atoms with Crippen LogP contribution in [0.2, 0.25) is 0 Å². The average molecular weight is 236 g/mol. The summed E-state index contributed by atoms with van der Waals surface area (Å²) >= 11 is 0. The summed E-state index contributed by atoms with van der Waals surface area (Å²) in [6, 6.07) is 0. The third-order valence-corrected chi connectivity index (χ3v) is 3.26. The maximum atomic E-state index is 9.76. The van der Waals surface area contributed by atoms with Crippen LogP contribution in [0.3, 0.4) is 0 Å². The highest BCUT2D eigenvalue weighted by atomic mass is 16.3. The van der Waals surface area contributed by atoms with Crippen molar-refractivity contribution in [3.63, 3.8) is 0 Å². The predicted molar refractivity (Wildman–Crippen MR) is 71.8 cm³/mol. The van der Waals surface area contributed by atoms with E-state index in [0.717, 1.165) is 24.0 Å². The third-order valence-electron chi connectivity index (χ3n) is 3.26. The van der Waals surface area contributed by atoms with Gasteiger partial charge in [-0.15, -0.1) is 0 Å². The van der Waals surface area contributed by atoms with Gasteiger partial charge in [0.05, 0.1) is 12.2 Å². The smallest absolute Gasteiger partial charge is 0.0777 e. The van der Waals surface area contributed by atoms with Crippen LogP contribution in [0, 0.1) is 0 Å². The molecule has 0 fully saturated rings. The van der Waals surface area contributed by atoms with E-state index in [0.29, 0.717) is 12.8 Å². The van der Waals surface area contributed by atoms with E-state index in [1.54, 1.807) is 0 Å². The van der Waals surface area contributed by atoms with Crippen LogP contribution in [-0.2, 0) is 0 Å². The molecule has 0 saturated heterocycles. The predicted octanol–water partition coefficient (Wildman–Crippen LogP) is 3.12. The molecule has 0 radical (unpaired) electrons. The minimum atomic E-state index is -0.488. The maximum absolute atomic E-state index is 9.76. The van der Waals surface area contributed by atoms with Crippen molar-refractivity contribution in [3.8, 4) is 0 Å². The lowest BCUT2D eigenvalue weighted by atomic mass is 9.88. The SMILES string of the molecule is CCCC=C(C)C=CC1=C(C)C(O)CC(O)C1. The van der Waals surface area contributed by atoms with Gasteiger partial charge in [0.1, 0.15) is 0 Å². The second-order valence-electron chi connectivity index (χ2n) is 4.89. The molecule has 0 saturated carbocycles. The van der Waals surface area contributed by atoms with Crippen molar-refractivity contribution in [3.05, 3.63) is 34.9 Å². The van der Waals surface area contributed by atoms with Gasteiger partial charge < -0.3 is 10.2 Å². The van der Waals surface area contributed by atoms with Crippen molar-refractivity contribution in [2.24, 2.45) is 0 Å². The Balaban J connectivity index is 2.72. The molecule has 2 unspecified atom stereocenters. The van der Waals surface area contributed by atoms with Crippen molar-refractivity contribution >= 4 is 0 Å². The summed E-state index contributed by atoms with van der Waals surface area (Å²) in [6.07, 6.45) is 8.79. The summed E-state index contributed by atoms with van der Waals surface area (Å²) in [5.41, 5.74) is 3.30. The van der Waals surface area contributed by atoms with E-state index in [4.69, 9.17) is 0 Å². The average Bonchev–Trinajstić information content (AvgIpc) is 2.29. The van der Waals surface area contributed by atoms with E-state index < -0.39 is 12.2 Å². The molecule has 0 bridgehead atoms. The van der Waals surface area contributed by atoms with Gasteiger partial charge in [0.25, 0.3) is 0 Å². The standard InChI is InChI=1S/C15H24O2/c1-4-5-6-11(2)7-8-13-9-14(16)10-15(17)12(13)3/h6-8,14-17H,4-5,9-10H2,1-3H3. The molecule has 96 valence electrons. The summed E-state index contributed by atoms with van der Waals surface area (Å²) in [7, 11) is 0. The Hall–Kier alpha value is -0.860. The highest BCUT2D eigenvalue weighted by molar-refractivity contribution is 5.33. The van der Waals surface area contributed by atoms with E-state index in [1.165, 1.54) is 5.57 Å². The molecule has 2 heteroatoms. The minimum Gasteiger partial charge on any atom is -0.393 e. The number of allylic oxidation sites excluding steroid dienone is 4. The zero-order valence-electron chi connectivity index (χ0n) is 11.1. The van der Waals surface area contributed by atoms with Gasteiger partial charge in [0, 0.05) is 6.42 Å². The van der Waals surface area contributed by atoms with Crippen molar-refractivity contribution in [2.45, 2.75) is 58.7 Å². The molecule has 2 atom stereocenters. The molecule has 0 amide bonds. The summed E-state index contributed by atoms with van der Waals surface area (Å²) in [5.74, 6) is 0. The number of hydrogen-bond donors (Lipinski definition) is 2. The van der Waals surface area contributed by atoms with Gasteiger partial charge in [-0.1, -0.05) is 37.1 Å². The van der Waals surface area contributed by atoms with Crippen LogP contribution in [0.1, 0.15) is 46.5 Å². The fourth-order valence-electron chi connectivity index (χ4n) is 2.02. The molecule has 1 aliphatic rings. The van der Waals surface area contributed by atoms with Crippen LogP contribution in [0.25, 0.3) is 0 Å². The Morgan fingerprint density at radius 3 is 2.76 bits per heavy atom. The normalized spacial score (nSPS) is 27.0. The fraction of sp³-hybridized carbons (Fsp3) is 0.600. The highest BCUT2D eigenvalue weighted by Crippen LogP contribution is 2.26. The lowest BCUT2D eigenvalue weighted by molar-refractivity contribution is 0.0879. The molecule has 1 aliphatic carbocycles. The highest BCUT2D eigenvalue weighted by Gasteiger charge is 2.22. The second kappa shape index (κ2) is 6.77. The molecule has 2 nitrogen and oxygen atoms in total. The van der Waals surface area contributed by atoms with Gasteiger partial charge in [-0.2, -0.15) is 0 Å². The fourth-order valence-corrected chi connectivity index (χ4v) is 2.02. The first-order chi connectivity index (χ1) is 8.04. The van der Waals surface area contributed by atoms with Crippen LogP contribution in [0.4, 0.5) is 0 Å². The van der Waals surface area contributed by atoms with Crippen LogP contribution in [0.15, 0.2) is 34.9 Å². The van der Waals surface area contributed by atoms with Gasteiger partial charge >= 0.3 is 0 Å². The molecule has 0 aromatic rings. The molecule has 0 aromatic heterocycles. The van der Waals surface area contributed by atoms with Crippen molar-refractivity contribution in [1.29, 1.82) is 0 Å². The van der Waals surface area contributed by atoms with Gasteiger partial charge in [-0.25, -0.2) is 0 Å². The lowest BCUT2D eigenvalue weighted by Crippen LogP contribution is -2.25. The third kappa shape index (κ3) is 4.49. The Kier molecular flexibility index (Phi) is 5.66. The number of aliphatic hydroxyl groups is 2. The molecular weight excluding hydrogens is 212 g/mol. The monoisotopic (exact) mass is 236 g/mol. The topological polar surface area (TPSA) is 40.5 Å². The first-order valence-corrected chi connectivity index (χ1v) is 6.45. The summed E-state index contributed by atoms with van der Waals surface area (Å²) in [4.78, 5) is 0. The molecule has 0 aliphatic heterocycles. The van der Waals surface area contributed by atoms with Gasteiger partial charge in [0.15, 0.2) is 0 Å². The van der Waals surface area contributed by atoms with Crippen LogP contribution < -0.4 is 0 Å². The van der Waals surface area contributed by atoms with Gasteiger partial charge in [-0.3, -0.25) is 0 Å². The Morgan fingerprint density at radius 1 is 1.41 bits per heavy atom. The second-order valence-corrected chi connectivity index (χ2v) is 4.89. The quantitative estimate of drug-likeness (QED) is 0.736. The van der Waals surface area contributed by atoms with E-state index in [-0.39, 0.29) is 0 Å². The van der Waals surface area contributed by atoms with Gasteiger partial charge in [0.2, 0.25) is 0 Å². The van der Waals surface area contributed by atoms with Gasteiger partial charge in [-0.05, 0) is 37.8 Å². The number of aliphatic hydroxyl groups excluding tert-OH is 2. The number of unbranched alkanes of at least 4 members (excludes halogenated alkanes) is 1. The lowest BCUT2D eigenvalue weighted by Gasteiger charge is -2.25. The molecule has 17 heavy (non-hydrogen) atoms.